The van der Waals surface area contributed by atoms with Gasteiger partial charge in [0.05, 0.1) is 77.3 Å². The van der Waals surface area contributed by atoms with Crippen molar-refractivity contribution in [2.24, 2.45) is 5.92 Å². The molecular weight excluding hydrogens is 1220 g/mol. The van der Waals surface area contributed by atoms with Crippen molar-refractivity contribution in [3.05, 3.63) is 108 Å². The Balaban J connectivity index is 1.23. The maximum atomic E-state index is 15.1. The van der Waals surface area contributed by atoms with E-state index in [0.29, 0.717) is 25.4 Å². The van der Waals surface area contributed by atoms with Crippen LogP contribution in [-0.4, -0.2) is 251 Å². The summed E-state index contributed by atoms with van der Waals surface area (Å²) in [5.41, 5.74) is 3.28. The van der Waals surface area contributed by atoms with Crippen LogP contribution in [0.1, 0.15) is 75.4 Å². The lowest BCUT2D eigenvalue weighted by atomic mass is 9.96. The Morgan fingerprint density at radius 2 is 1.12 bits per heavy atom. The predicted molar refractivity (Wildman–Crippen MR) is 339 cm³/mol. The molecule has 28 heteroatoms. The summed E-state index contributed by atoms with van der Waals surface area (Å²) in [5, 5.41) is 106. The smallest absolute Gasteiger partial charge is 0.252 e. The molecule has 14 N–H and O–H groups in total. The summed E-state index contributed by atoms with van der Waals surface area (Å²) in [6.07, 6.45) is -12.5. The number of aromatic hydroxyl groups is 1. The number of phenolic OH excluding ortho intramolecular Hbond substituents is 1. The van der Waals surface area contributed by atoms with E-state index in [1.54, 1.807) is 19.2 Å². The van der Waals surface area contributed by atoms with Crippen LogP contribution >= 0.6 is 0 Å². The van der Waals surface area contributed by atoms with E-state index in [4.69, 9.17) is 23.7 Å². The van der Waals surface area contributed by atoms with Crippen molar-refractivity contribution in [3.8, 4) is 33.8 Å². The molecule has 94 heavy (non-hydrogen) atoms. The van der Waals surface area contributed by atoms with Gasteiger partial charge in [-0.1, -0.05) is 87.4 Å². The van der Waals surface area contributed by atoms with Crippen LogP contribution < -0.4 is 36.6 Å². The van der Waals surface area contributed by atoms with E-state index in [1.807, 2.05) is 48.5 Å². The van der Waals surface area contributed by atoms with Gasteiger partial charge in [0.15, 0.2) is 0 Å². The van der Waals surface area contributed by atoms with Gasteiger partial charge in [-0.05, 0) is 84.5 Å². The number of nitrogens with one attached hydrogen (secondary N) is 6. The first-order valence-corrected chi connectivity index (χ1v) is 31.6. The monoisotopic (exact) mass is 1310 g/mol. The van der Waals surface area contributed by atoms with Crippen molar-refractivity contribution < 1.29 is 98.1 Å². The summed E-state index contributed by atoms with van der Waals surface area (Å²) < 4.78 is 27.5. The van der Waals surface area contributed by atoms with Crippen molar-refractivity contribution in [2.75, 3.05) is 79.6 Å². The fraction of sp³-hybridized carbons (Fsp3) is 0.530. The average molecular weight is 1320 g/mol. The van der Waals surface area contributed by atoms with Crippen LogP contribution in [0.2, 0.25) is 0 Å². The van der Waals surface area contributed by atoms with Crippen molar-refractivity contribution >= 4 is 41.4 Å². The van der Waals surface area contributed by atoms with Crippen LogP contribution in [0.3, 0.4) is 0 Å². The fourth-order valence-electron chi connectivity index (χ4n) is 11.2. The van der Waals surface area contributed by atoms with E-state index < -0.39 is 145 Å². The molecule has 4 aromatic rings. The van der Waals surface area contributed by atoms with E-state index >= 15 is 4.79 Å². The Kier molecular flexibility index (Phi) is 28.0. The van der Waals surface area contributed by atoms with Gasteiger partial charge in [0.25, 0.3) is 5.91 Å². The normalized spacial score (nSPS) is 25.4. The van der Waals surface area contributed by atoms with Crippen LogP contribution in [0.4, 0.5) is 0 Å². The molecule has 514 valence electrons. The third-order valence-electron chi connectivity index (χ3n) is 16.6. The molecule has 3 aliphatic rings. The Hall–Kier alpha value is -7.71. The minimum atomic E-state index is -2.30. The molecule has 0 bridgehead atoms. The van der Waals surface area contributed by atoms with Gasteiger partial charge in [0.1, 0.15) is 72.2 Å². The lowest BCUT2D eigenvalue weighted by Gasteiger charge is -2.36. The van der Waals surface area contributed by atoms with Crippen molar-refractivity contribution in [3.63, 3.8) is 0 Å². The number of hydrogen-bond acceptors (Lipinski definition) is 21. The number of aliphatic hydroxyl groups excluding tert-OH is 7. The molecule has 0 aliphatic carbocycles. The number of hydrogen-bond donors (Lipinski definition) is 14. The summed E-state index contributed by atoms with van der Waals surface area (Å²) in [7, 11) is 1.55. The summed E-state index contributed by atoms with van der Waals surface area (Å²) in [5.74, 6) is -8.79. The number of rotatable bonds is 27. The van der Waals surface area contributed by atoms with Gasteiger partial charge in [-0.15, -0.1) is 0 Å². The highest BCUT2D eigenvalue weighted by Gasteiger charge is 2.51. The molecule has 0 radical (unpaired) electrons. The first-order chi connectivity index (χ1) is 45.0. The van der Waals surface area contributed by atoms with Crippen LogP contribution in [-0.2, 0) is 47.7 Å². The quantitative estimate of drug-likeness (QED) is 0.0318. The second-order valence-electron chi connectivity index (χ2n) is 23.7. The number of methoxy groups -OCH3 is 1. The highest BCUT2D eigenvalue weighted by atomic mass is 16.6. The number of phenols is 1. The average Bonchev–Trinajstić information content (AvgIpc) is 1.60. The van der Waals surface area contributed by atoms with Gasteiger partial charge < -0.3 is 101 Å². The van der Waals surface area contributed by atoms with Gasteiger partial charge in [-0.3, -0.25) is 38.9 Å². The van der Waals surface area contributed by atoms with E-state index in [2.05, 4.69) is 38.8 Å². The van der Waals surface area contributed by atoms with E-state index in [-0.39, 0.29) is 63.0 Å². The van der Waals surface area contributed by atoms with Gasteiger partial charge in [-0.2, -0.15) is 0 Å². The highest BCUT2D eigenvalue weighted by Crippen LogP contribution is 2.30. The molecule has 15 atom stereocenters. The fourth-order valence-corrected chi connectivity index (χ4v) is 11.2. The second kappa shape index (κ2) is 35.7. The molecule has 28 nitrogen and oxygen atoms in total. The predicted octanol–water partition coefficient (Wildman–Crippen LogP) is -1.02. The number of aliphatic hydroxyl groups is 7. The topological polar surface area (TPSA) is 406 Å². The Bertz CT molecular complexity index is 3110. The standard InChI is InChI=1S/C66H90N8O20/c1-6-7-8-26-94-48-23-19-43(20-24-48)41-11-9-40(10-12-41)42-13-15-45(16-14-42)60(83)70-53-58(82)59(67-25-27-91-30-31-93-33-32-92-29-28-90-5)72-64(87)54-55(79)37(2)35-74(54)66(89)51(39(4)76)69-62(85)52(57(81)56(80)44-17-21-46(77)22-18-44)71-61(84)49-34-47(78)36-73(49)65(88)50(38(3)75)68-63(53)86/h9-24,37-39,47,49-59,67,75-82H,6-8,25-36H2,1-5H3,(H,68,86)(H,69,85)(H,70,83)(H,71,84)(H,72,87)/t37-,38+,39+,47+,49?,50?,51?,52?,53-,54?,55-,56-,57-,58+,59?/m0/s1. The third-order valence-corrected chi connectivity index (χ3v) is 16.6. The van der Waals surface area contributed by atoms with Gasteiger partial charge in [0, 0.05) is 44.6 Å². The number of carbonyl (C=O) groups is 7. The minimum Gasteiger partial charge on any atom is -0.508 e. The third kappa shape index (κ3) is 19.7. The maximum absolute atomic E-state index is 15.1. The summed E-state index contributed by atoms with van der Waals surface area (Å²) in [6.45, 7) is 6.65. The number of carbonyl (C=O) groups excluding carboxylic acids is 7. The summed E-state index contributed by atoms with van der Waals surface area (Å²) in [4.78, 5) is 105. The molecule has 7 rings (SSSR count). The Labute approximate surface area is 545 Å². The van der Waals surface area contributed by atoms with Crippen molar-refractivity contribution in [2.45, 2.75) is 139 Å². The van der Waals surface area contributed by atoms with Gasteiger partial charge in [-0.25, -0.2) is 0 Å². The molecule has 3 heterocycles. The van der Waals surface area contributed by atoms with Crippen molar-refractivity contribution in [1.82, 2.24) is 41.7 Å². The van der Waals surface area contributed by atoms with E-state index in [9.17, 15) is 69.6 Å². The van der Waals surface area contributed by atoms with Crippen molar-refractivity contribution in [1.29, 1.82) is 0 Å². The molecule has 4 aromatic carbocycles. The molecule has 7 amide bonds. The van der Waals surface area contributed by atoms with Crippen LogP contribution in [0, 0.1) is 5.92 Å². The Morgan fingerprint density at radius 3 is 1.68 bits per heavy atom. The lowest BCUT2D eigenvalue weighted by Crippen LogP contribution is -2.68. The van der Waals surface area contributed by atoms with Crippen LogP contribution in [0.25, 0.3) is 22.3 Å². The maximum Gasteiger partial charge on any atom is 0.252 e. The molecule has 6 unspecified atom stereocenters. The van der Waals surface area contributed by atoms with E-state index in [0.717, 1.165) is 77.5 Å². The Morgan fingerprint density at radius 1 is 0.596 bits per heavy atom. The highest BCUT2D eigenvalue weighted by molar-refractivity contribution is 6.01. The number of amides is 7. The number of nitrogens with zero attached hydrogens (tertiary/aromatic N) is 2. The molecule has 3 fully saturated rings. The molecule has 0 saturated carbocycles. The first-order valence-electron chi connectivity index (χ1n) is 31.6. The lowest BCUT2D eigenvalue weighted by molar-refractivity contribution is -0.148. The zero-order valence-corrected chi connectivity index (χ0v) is 53.4. The van der Waals surface area contributed by atoms with Crippen LogP contribution in [0.15, 0.2) is 97.1 Å². The van der Waals surface area contributed by atoms with E-state index in [1.165, 1.54) is 31.2 Å². The molecule has 0 aromatic heterocycles. The zero-order valence-electron chi connectivity index (χ0n) is 53.4. The second-order valence-corrected chi connectivity index (χ2v) is 23.7. The number of unbranched alkanes of at least 4 members (excludes halogenated alkanes) is 2. The van der Waals surface area contributed by atoms with Gasteiger partial charge in [0.2, 0.25) is 35.4 Å². The summed E-state index contributed by atoms with van der Waals surface area (Å²) in [6, 6.07) is 14.4. The minimum absolute atomic E-state index is 0.0337. The van der Waals surface area contributed by atoms with Crippen LogP contribution in [0.5, 0.6) is 11.5 Å². The SMILES string of the molecule is CCCCCOc1ccc(-c2ccc(-c3ccc(C(=O)N[C@@H]4C(=O)NC([C@@H](C)O)C(=O)N5C[C@H](O)CC5C(=O)NC([C@H](O)[C@@H](O)c5ccc(O)cc5)C(=O)NC([C@@H](C)O)C(=O)N5C[C@H](C)[C@H](O)C5C(=O)NC(NCCOCCOCCOCCOC)[C@@H]4O)cc3)cc2)cc1. The molecule has 3 saturated heterocycles. The molecule has 3 aliphatic heterocycles. The van der Waals surface area contributed by atoms with Gasteiger partial charge >= 0.3 is 0 Å². The number of fused-ring (bicyclic) bond motifs is 2. The summed E-state index contributed by atoms with van der Waals surface area (Å²) >= 11 is 0. The largest absolute Gasteiger partial charge is 0.508 e. The molecule has 0 spiro atoms. The molecular formula is C66H90N8O20. The number of ether oxygens (including phenoxy) is 5. The zero-order chi connectivity index (χ0) is 68.2. The first kappa shape index (κ1) is 73.7. The number of benzene rings is 4.